The van der Waals surface area contributed by atoms with Crippen LogP contribution in [0.25, 0.3) is 0 Å². The fourth-order valence-corrected chi connectivity index (χ4v) is 1.28. The van der Waals surface area contributed by atoms with Crippen molar-refractivity contribution >= 4 is 5.82 Å². The van der Waals surface area contributed by atoms with Gasteiger partial charge in [-0.15, -0.1) is 0 Å². The van der Waals surface area contributed by atoms with E-state index in [1.807, 2.05) is 0 Å². The highest BCUT2D eigenvalue weighted by atomic mass is 16.5. The van der Waals surface area contributed by atoms with Crippen molar-refractivity contribution < 1.29 is 9.84 Å². The normalized spacial score (nSPS) is 12.2. The van der Waals surface area contributed by atoms with Crippen LogP contribution in [0.15, 0.2) is 11.1 Å². The molecule has 0 amide bonds. The zero-order valence-corrected chi connectivity index (χ0v) is 9.99. The molecule has 4 N–H and O–H groups in total. The summed E-state index contributed by atoms with van der Waals surface area (Å²) in [7, 11) is 1.42. The van der Waals surface area contributed by atoms with E-state index < -0.39 is 0 Å². The predicted molar refractivity (Wildman–Crippen MR) is 64.4 cm³/mol. The summed E-state index contributed by atoms with van der Waals surface area (Å²) in [6.07, 6.45) is 0.943. The molecule has 7 nitrogen and oxygen atoms in total. The van der Waals surface area contributed by atoms with Crippen molar-refractivity contribution in [1.82, 2.24) is 15.3 Å². The monoisotopic (exact) mass is 242 g/mol. The summed E-state index contributed by atoms with van der Waals surface area (Å²) in [4.78, 5) is 17.7. The summed E-state index contributed by atoms with van der Waals surface area (Å²) < 4.78 is 4.94. The summed E-state index contributed by atoms with van der Waals surface area (Å²) >= 11 is 0. The second-order valence-electron chi connectivity index (χ2n) is 3.59. The lowest BCUT2D eigenvalue weighted by Crippen LogP contribution is -2.29. The Kier molecular flexibility index (Phi) is 5.44. The molecule has 0 aliphatic rings. The average Bonchev–Trinajstić information content (AvgIpc) is 2.28. The Morgan fingerprint density at radius 3 is 3.00 bits per heavy atom. The second-order valence-corrected chi connectivity index (χ2v) is 3.59. The number of aromatic nitrogens is 2. The number of nitrogens with one attached hydrogen (secondary N) is 3. The molecule has 0 saturated carbocycles. The van der Waals surface area contributed by atoms with Gasteiger partial charge in [-0.2, -0.15) is 0 Å². The third-order valence-electron chi connectivity index (χ3n) is 2.05. The highest BCUT2D eigenvalue weighted by Gasteiger charge is 2.07. The van der Waals surface area contributed by atoms with E-state index in [-0.39, 0.29) is 17.4 Å². The molecule has 0 radical (unpaired) electrons. The van der Waals surface area contributed by atoms with E-state index in [0.717, 1.165) is 0 Å². The number of hydrogen-bond acceptors (Lipinski definition) is 6. The van der Waals surface area contributed by atoms with Crippen LogP contribution in [-0.2, 0) is 0 Å². The van der Waals surface area contributed by atoms with E-state index in [1.54, 1.807) is 6.92 Å². The summed E-state index contributed by atoms with van der Waals surface area (Å²) in [5.41, 5.74) is -0.318. The van der Waals surface area contributed by atoms with Crippen LogP contribution in [0.4, 0.5) is 5.82 Å². The van der Waals surface area contributed by atoms with Gasteiger partial charge in [0.25, 0.3) is 5.56 Å². The van der Waals surface area contributed by atoms with Crippen molar-refractivity contribution in [2.45, 2.75) is 13.0 Å². The Hall–Kier alpha value is -1.60. The largest absolute Gasteiger partial charge is 0.489 e. The van der Waals surface area contributed by atoms with Crippen LogP contribution < -0.4 is 20.9 Å². The van der Waals surface area contributed by atoms with Gasteiger partial charge in [-0.05, 0) is 6.92 Å². The molecule has 1 atom stereocenters. The summed E-state index contributed by atoms with van der Waals surface area (Å²) in [5, 5.41) is 15.0. The Bertz CT molecular complexity index is 391. The summed E-state index contributed by atoms with van der Waals surface area (Å²) in [6, 6.07) is 0. The minimum Gasteiger partial charge on any atom is -0.489 e. The van der Waals surface area contributed by atoms with Crippen LogP contribution in [0.1, 0.15) is 6.92 Å². The molecule has 1 unspecified atom stereocenters. The minimum atomic E-state index is -0.373. The molecule has 0 saturated heterocycles. The molecule has 1 rings (SSSR count). The Labute approximate surface area is 99.2 Å². The van der Waals surface area contributed by atoms with E-state index >= 15 is 0 Å². The first-order valence-electron chi connectivity index (χ1n) is 5.39. The van der Waals surface area contributed by atoms with Crippen molar-refractivity contribution in [2.24, 2.45) is 0 Å². The van der Waals surface area contributed by atoms with Crippen LogP contribution in [0.3, 0.4) is 0 Å². The van der Waals surface area contributed by atoms with Gasteiger partial charge in [-0.25, -0.2) is 4.98 Å². The van der Waals surface area contributed by atoms with Crippen molar-refractivity contribution in [2.75, 3.05) is 32.1 Å². The Morgan fingerprint density at radius 1 is 1.59 bits per heavy atom. The average molecular weight is 242 g/mol. The zero-order valence-electron chi connectivity index (χ0n) is 9.99. The van der Waals surface area contributed by atoms with E-state index in [1.165, 1.54) is 13.4 Å². The number of ether oxygens (including phenoxy) is 1. The molecule has 0 spiro atoms. The zero-order chi connectivity index (χ0) is 12.7. The Morgan fingerprint density at radius 2 is 2.35 bits per heavy atom. The van der Waals surface area contributed by atoms with E-state index in [2.05, 4.69) is 20.6 Å². The molecule has 0 aliphatic heterocycles. The van der Waals surface area contributed by atoms with Gasteiger partial charge in [-0.3, -0.25) is 4.79 Å². The lowest BCUT2D eigenvalue weighted by Gasteiger charge is -2.10. The van der Waals surface area contributed by atoms with Crippen LogP contribution in [0.5, 0.6) is 5.75 Å². The molecule has 1 aromatic heterocycles. The maximum atomic E-state index is 11.3. The molecule has 0 aromatic carbocycles. The van der Waals surface area contributed by atoms with Gasteiger partial charge in [0, 0.05) is 19.6 Å². The van der Waals surface area contributed by atoms with Crippen LogP contribution in [0.2, 0.25) is 0 Å². The van der Waals surface area contributed by atoms with Gasteiger partial charge in [0.2, 0.25) is 5.75 Å². The molecule has 1 aromatic rings. The fraction of sp³-hybridized carbons (Fsp3) is 0.600. The molecule has 0 fully saturated rings. The number of aliphatic hydroxyl groups excluding tert-OH is 1. The number of H-pyrrole nitrogens is 1. The predicted octanol–water partition coefficient (Wildman–Crippen LogP) is -0.839. The van der Waals surface area contributed by atoms with Gasteiger partial charge in [0.15, 0.2) is 5.82 Å². The third kappa shape index (κ3) is 4.41. The third-order valence-corrected chi connectivity index (χ3v) is 2.05. The molecular weight excluding hydrogens is 224 g/mol. The number of methoxy groups -OCH3 is 1. The fourth-order valence-electron chi connectivity index (χ4n) is 1.28. The van der Waals surface area contributed by atoms with E-state index in [0.29, 0.717) is 25.5 Å². The first-order chi connectivity index (χ1) is 8.15. The van der Waals surface area contributed by atoms with E-state index in [4.69, 9.17) is 9.84 Å². The number of aliphatic hydroxyl groups is 1. The highest BCUT2D eigenvalue weighted by Crippen LogP contribution is 2.13. The van der Waals surface area contributed by atoms with Crippen molar-refractivity contribution in [1.29, 1.82) is 0 Å². The van der Waals surface area contributed by atoms with Gasteiger partial charge in [-0.1, -0.05) is 0 Å². The highest BCUT2D eigenvalue weighted by molar-refractivity contribution is 5.47. The lowest BCUT2D eigenvalue weighted by molar-refractivity contribution is 0.192. The molecule has 0 bridgehead atoms. The van der Waals surface area contributed by atoms with Gasteiger partial charge in [0.1, 0.15) is 0 Å². The smallest absolute Gasteiger partial charge is 0.295 e. The quantitative estimate of drug-likeness (QED) is 0.465. The first kappa shape index (κ1) is 13.5. The SMILES string of the molecule is COc1c(NCCNCC(C)O)nc[nH]c1=O. The lowest BCUT2D eigenvalue weighted by atomic mass is 10.4. The number of rotatable bonds is 7. The number of nitrogens with zero attached hydrogens (tertiary/aromatic N) is 1. The number of hydrogen-bond donors (Lipinski definition) is 4. The Balaban J connectivity index is 2.41. The molecule has 17 heavy (non-hydrogen) atoms. The van der Waals surface area contributed by atoms with Gasteiger partial charge >= 0.3 is 0 Å². The molecule has 1 heterocycles. The second kappa shape index (κ2) is 6.87. The molecule has 7 heteroatoms. The van der Waals surface area contributed by atoms with E-state index in [9.17, 15) is 4.79 Å². The van der Waals surface area contributed by atoms with Crippen molar-refractivity contribution in [3.8, 4) is 5.75 Å². The maximum Gasteiger partial charge on any atom is 0.295 e. The van der Waals surface area contributed by atoms with Crippen LogP contribution in [0, 0.1) is 0 Å². The summed E-state index contributed by atoms with van der Waals surface area (Å²) in [6.45, 7) is 3.48. The van der Waals surface area contributed by atoms with Crippen molar-refractivity contribution in [3.05, 3.63) is 16.7 Å². The topological polar surface area (TPSA) is 99.3 Å². The van der Waals surface area contributed by atoms with Gasteiger partial charge in [0.05, 0.1) is 19.5 Å². The van der Waals surface area contributed by atoms with Gasteiger partial charge < -0.3 is 25.5 Å². The number of anilines is 1. The molecule has 0 aliphatic carbocycles. The standard InChI is InChI=1S/C10H18N4O3/c1-7(15)5-11-3-4-12-9-8(17-2)10(16)14-6-13-9/h6-7,11,15H,3-5H2,1-2H3,(H2,12,13,14,16). The summed E-state index contributed by atoms with van der Waals surface area (Å²) in [5.74, 6) is 0.582. The minimum absolute atomic E-state index is 0.169. The molecule has 96 valence electrons. The van der Waals surface area contributed by atoms with Crippen LogP contribution in [-0.4, -0.2) is 47.9 Å². The van der Waals surface area contributed by atoms with Crippen molar-refractivity contribution in [3.63, 3.8) is 0 Å². The maximum absolute atomic E-state index is 11.3. The number of aromatic amines is 1. The van der Waals surface area contributed by atoms with Crippen LogP contribution >= 0.6 is 0 Å². The molecular formula is C10H18N4O3. The first-order valence-corrected chi connectivity index (χ1v) is 5.39.